The first-order valence-corrected chi connectivity index (χ1v) is 5.71. The Morgan fingerprint density at radius 1 is 1.17 bits per heavy atom. The summed E-state index contributed by atoms with van der Waals surface area (Å²) in [5, 5.41) is 6.17. The van der Waals surface area contributed by atoms with E-state index >= 15 is 0 Å². The van der Waals surface area contributed by atoms with Crippen LogP contribution in [0.15, 0.2) is 24.3 Å². The van der Waals surface area contributed by atoms with Crippen LogP contribution in [-0.2, 0) is 0 Å². The van der Waals surface area contributed by atoms with E-state index < -0.39 is 5.82 Å². The van der Waals surface area contributed by atoms with E-state index in [-0.39, 0.29) is 0 Å². The molecular weight excluding hydrogens is 255 g/mol. The molecule has 0 aliphatic carbocycles. The number of rotatable bonds is 3. The van der Waals surface area contributed by atoms with Crippen molar-refractivity contribution in [2.75, 3.05) is 17.7 Å². The largest absolute Gasteiger partial charge is 0.357 e. The molecule has 0 aliphatic heterocycles. The second kappa shape index (κ2) is 5.18. The van der Waals surface area contributed by atoms with E-state index in [2.05, 4.69) is 20.6 Å². The highest BCUT2D eigenvalue weighted by Gasteiger charge is 2.03. The Balaban J connectivity index is 2.30. The lowest BCUT2D eigenvalue weighted by atomic mass is 10.3. The van der Waals surface area contributed by atoms with Crippen LogP contribution in [0.5, 0.6) is 0 Å². The Morgan fingerprint density at radius 3 is 2.61 bits per heavy atom. The zero-order valence-corrected chi connectivity index (χ0v) is 10.7. The van der Waals surface area contributed by atoms with Gasteiger partial charge in [0.1, 0.15) is 11.6 Å². The van der Waals surface area contributed by atoms with Gasteiger partial charge in [-0.3, -0.25) is 0 Å². The van der Waals surface area contributed by atoms with Gasteiger partial charge in [-0.05, 0) is 25.1 Å². The molecule has 6 heteroatoms. The first kappa shape index (κ1) is 12.6. The highest BCUT2D eigenvalue weighted by Crippen LogP contribution is 2.21. The van der Waals surface area contributed by atoms with Gasteiger partial charge in [0.25, 0.3) is 0 Å². The van der Waals surface area contributed by atoms with Crippen molar-refractivity contribution < 1.29 is 4.39 Å². The van der Waals surface area contributed by atoms with Gasteiger partial charge in [-0.15, -0.1) is 0 Å². The molecule has 0 radical (unpaired) electrons. The molecule has 18 heavy (non-hydrogen) atoms. The van der Waals surface area contributed by atoms with Crippen molar-refractivity contribution in [3.05, 3.63) is 40.8 Å². The Labute approximate surface area is 109 Å². The minimum absolute atomic E-state index is 0.331. The van der Waals surface area contributed by atoms with E-state index in [1.165, 1.54) is 12.1 Å². The van der Waals surface area contributed by atoms with Crippen LogP contribution >= 0.6 is 11.6 Å². The van der Waals surface area contributed by atoms with E-state index in [1.54, 1.807) is 19.2 Å². The number of benzene rings is 1. The van der Waals surface area contributed by atoms with Crippen molar-refractivity contribution in [1.82, 2.24) is 9.97 Å². The molecule has 0 saturated carbocycles. The third-order valence-electron chi connectivity index (χ3n) is 2.21. The molecule has 2 N–H and O–H groups in total. The van der Waals surface area contributed by atoms with E-state index in [9.17, 15) is 4.39 Å². The van der Waals surface area contributed by atoms with Crippen molar-refractivity contribution in [2.24, 2.45) is 0 Å². The molecule has 2 rings (SSSR count). The van der Waals surface area contributed by atoms with Crippen LogP contribution in [0.3, 0.4) is 0 Å². The Morgan fingerprint density at radius 2 is 1.94 bits per heavy atom. The maximum atomic E-state index is 13.2. The van der Waals surface area contributed by atoms with E-state index in [1.807, 2.05) is 6.92 Å². The second-order valence-corrected chi connectivity index (χ2v) is 4.19. The number of halogens is 2. The van der Waals surface area contributed by atoms with Crippen LogP contribution in [0.2, 0.25) is 5.02 Å². The van der Waals surface area contributed by atoms with Crippen LogP contribution in [0.25, 0.3) is 0 Å². The molecule has 0 aliphatic rings. The van der Waals surface area contributed by atoms with Crippen LogP contribution < -0.4 is 10.6 Å². The molecule has 2 aromatic rings. The van der Waals surface area contributed by atoms with Crippen molar-refractivity contribution in [2.45, 2.75) is 6.92 Å². The van der Waals surface area contributed by atoms with Gasteiger partial charge in [0.05, 0.1) is 0 Å². The number of anilines is 3. The summed E-state index contributed by atoms with van der Waals surface area (Å²) in [6.45, 7) is 1.85. The van der Waals surface area contributed by atoms with Crippen molar-refractivity contribution >= 4 is 29.1 Å². The Hall–Kier alpha value is -1.88. The Kier molecular flexibility index (Phi) is 3.62. The van der Waals surface area contributed by atoms with Gasteiger partial charge in [0.15, 0.2) is 0 Å². The van der Waals surface area contributed by atoms with Gasteiger partial charge >= 0.3 is 0 Å². The molecule has 1 aromatic carbocycles. The smallest absolute Gasteiger partial charge is 0.224 e. The fraction of sp³-hybridized carbons (Fsp3) is 0.167. The van der Waals surface area contributed by atoms with Crippen molar-refractivity contribution in [3.8, 4) is 0 Å². The predicted molar refractivity (Wildman–Crippen MR) is 71.0 cm³/mol. The fourth-order valence-corrected chi connectivity index (χ4v) is 1.74. The van der Waals surface area contributed by atoms with Gasteiger partial charge in [-0.2, -0.15) is 4.98 Å². The lowest BCUT2D eigenvalue weighted by Crippen LogP contribution is -2.02. The predicted octanol–water partition coefficient (Wildman–Crippen LogP) is 3.36. The number of aromatic nitrogens is 2. The molecule has 0 spiro atoms. The summed E-state index contributed by atoms with van der Waals surface area (Å²) >= 11 is 5.78. The average molecular weight is 267 g/mol. The summed E-state index contributed by atoms with van der Waals surface area (Å²) in [6, 6.07) is 5.99. The lowest BCUT2D eigenvalue weighted by Gasteiger charge is -2.08. The molecule has 1 aromatic heterocycles. The zero-order valence-electron chi connectivity index (χ0n) is 9.96. The summed E-state index contributed by atoms with van der Waals surface area (Å²) in [6.07, 6.45) is 0. The zero-order chi connectivity index (χ0) is 13.1. The SMILES string of the molecule is CNc1nc(C)cc(Nc2cc(F)cc(Cl)c2)n1. The molecule has 0 atom stereocenters. The summed E-state index contributed by atoms with van der Waals surface area (Å²) in [5.41, 5.74) is 1.35. The average Bonchev–Trinajstić information content (AvgIpc) is 2.26. The normalized spacial score (nSPS) is 10.2. The first-order valence-electron chi connectivity index (χ1n) is 5.33. The lowest BCUT2D eigenvalue weighted by molar-refractivity contribution is 0.628. The topological polar surface area (TPSA) is 49.8 Å². The van der Waals surface area contributed by atoms with Crippen LogP contribution in [-0.4, -0.2) is 17.0 Å². The van der Waals surface area contributed by atoms with Crippen LogP contribution in [0.4, 0.5) is 21.8 Å². The Bertz CT molecular complexity index is 554. The number of aryl methyl sites for hydroxylation is 1. The number of nitrogens with one attached hydrogen (secondary N) is 2. The maximum absolute atomic E-state index is 13.2. The van der Waals surface area contributed by atoms with Crippen molar-refractivity contribution in [1.29, 1.82) is 0 Å². The summed E-state index contributed by atoms with van der Waals surface area (Å²) in [4.78, 5) is 8.37. The molecule has 4 nitrogen and oxygen atoms in total. The molecule has 0 amide bonds. The van der Waals surface area contributed by atoms with Gasteiger partial charge in [0.2, 0.25) is 5.95 Å². The maximum Gasteiger partial charge on any atom is 0.224 e. The number of hydrogen-bond acceptors (Lipinski definition) is 4. The van der Waals surface area contributed by atoms with Crippen LogP contribution in [0, 0.1) is 12.7 Å². The second-order valence-electron chi connectivity index (χ2n) is 3.75. The van der Waals surface area contributed by atoms with E-state index in [4.69, 9.17) is 11.6 Å². The molecule has 0 bridgehead atoms. The molecule has 94 valence electrons. The number of hydrogen-bond donors (Lipinski definition) is 2. The van der Waals surface area contributed by atoms with Crippen LogP contribution in [0.1, 0.15) is 5.69 Å². The van der Waals surface area contributed by atoms with Gasteiger partial charge in [-0.1, -0.05) is 11.6 Å². The van der Waals surface area contributed by atoms with Gasteiger partial charge < -0.3 is 10.6 Å². The monoisotopic (exact) mass is 266 g/mol. The molecular formula is C12H12ClFN4. The minimum Gasteiger partial charge on any atom is -0.357 e. The van der Waals surface area contributed by atoms with E-state index in [0.29, 0.717) is 22.5 Å². The molecule has 1 heterocycles. The van der Waals surface area contributed by atoms with Gasteiger partial charge in [-0.25, -0.2) is 9.37 Å². The molecule has 0 fully saturated rings. The standard InChI is InChI=1S/C12H12ClFN4/c1-7-3-11(18-12(15-2)16-7)17-10-5-8(13)4-9(14)6-10/h3-6H,1-2H3,(H2,15,16,17,18). The third kappa shape index (κ3) is 3.07. The summed E-state index contributed by atoms with van der Waals surface area (Å²) < 4.78 is 13.2. The number of nitrogens with zero attached hydrogens (tertiary/aromatic N) is 2. The minimum atomic E-state index is -0.399. The first-order chi connectivity index (χ1) is 8.56. The molecule has 0 saturated heterocycles. The molecule has 0 unspecified atom stereocenters. The van der Waals surface area contributed by atoms with Gasteiger partial charge in [0, 0.05) is 29.5 Å². The summed E-state index contributed by atoms with van der Waals surface area (Å²) in [5.74, 6) is 0.679. The highest BCUT2D eigenvalue weighted by atomic mass is 35.5. The van der Waals surface area contributed by atoms with E-state index in [0.717, 1.165) is 5.69 Å². The fourth-order valence-electron chi connectivity index (χ4n) is 1.52. The quantitative estimate of drug-likeness (QED) is 0.894. The highest BCUT2D eigenvalue weighted by molar-refractivity contribution is 6.30. The third-order valence-corrected chi connectivity index (χ3v) is 2.43. The van der Waals surface area contributed by atoms with Crippen molar-refractivity contribution in [3.63, 3.8) is 0 Å². The summed E-state index contributed by atoms with van der Waals surface area (Å²) in [7, 11) is 1.73.